The maximum Gasteiger partial charge on any atom is 1.00 e. The van der Waals surface area contributed by atoms with Gasteiger partial charge in [-0.05, 0) is 13.0 Å². The van der Waals surface area contributed by atoms with Crippen molar-refractivity contribution in [2.45, 2.75) is 6.92 Å². The van der Waals surface area contributed by atoms with E-state index in [1.807, 2.05) is 0 Å². The van der Waals surface area contributed by atoms with Gasteiger partial charge in [0, 0.05) is 6.20 Å². The van der Waals surface area contributed by atoms with E-state index in [9.17, 15) is 12.9 Å². The summed E-state index contributed by atoms with van der Waals surface area (Å²) in [6.45, 7) is -3.61. The molecular weight excluding hydrogens is 228 g/mol. The van der Waals surface area contributed by atoms with Crippen LogP contribution in [0.4, 0.5) is 12.9 Å². The molecule has 1 rings (SSSR count). The molecule has 1 aromatic heterocycles. The molecule has 1 aromatic rings. The zero-order chi connectivity index (χ0) is 9.35. The molecule has 0 radical (unpaired) electrons. The van der Waals surface area contributed by atoms with Gasteiger partial charge in [0.05, 0.1) is 0 Å². The fraction of sp³-hybridized carbons (Fsp3) is 0.167. The van der Waals surface area contributed by atoms with E-state index in [4.69, 9.17) is 11.6 Å². The van der Waals surface area contributed by atoms with Gasteiger partial charge in [-0.3, -0.25) is 0 Å². The number of hydrogen-bond acceptors (Lipinski definition) is 1. The zero-order valence-corrected chi connectivity index (χ0v) is 11.1. The molecule has 1 nitrogen and oxygen atoms in total. The summed E-state index contributed by atoms with van der Waals surface area (Å²) in [6, 6.07) is 1.20. The van der Waals surface area contributed by atoms with Crippen LogP contribution in [-0.2, 0) is 0 Å². The molecule has 0 amide bonds. The van der Waals surface area contributed by atoms with E-state index in [-0.39, 0.29) is 62.1 Å². The first-order valence-corrected chi connectivity index (χ1v) is 3.61. The summed E-state index contributed by atoms with van der Waals surface area (Å²) in [5, 5.41) is 0.0799. The quantitative estimate of drug-likeness (QED) is 0.453. The summed E-state index contributed by atoms with van der Waals surface area (Å²) in [5.41, 5.74) is -0.568. The summed E-state index contributed by atoms with van der Waals surface area (Å²) in [5.74, 6) is 0. The Morgan fingerprint density at radius 1 is 1.38 bits per heavy atom. The van der Waals surface area contributed by atoms with E-state index in [0.29, 0.717) is 0 Å². The predicted octanol–water partition coefficient (Wildman–Crippen LogP) is -0.898. The normalized spacial score (nSPS) is 10.8. The van der Waals surface area contributed by atoms with E-state index in [2.05, 4.69) is 4.98 Å². The van der Waals surface area contributed by atoms with Gasteiger partial charge in [-0.2, -0.15) is 0 Å². The van der Waals surface area contributed by atoms with Crippen LogP contribution in [0.1, 0.15) is 5.56 Å². The Labute approximate surface area is 122 Å². The fourth-order valence-electron chi connectivity index (χ4n) is 0.875. The third-order valence-corrected chi connectivity index (χ3v) is 1.68. The second kappa shape index (κ2) is 5.14. The number of aryl methyl sites for hydroxylation is 1. The first-order chi connectivity index (χ1) is 5.41. The minimum Gasteiger partial charge on any atom is -0.445 e. The molecule has 0 N–H and O–H groups in total. The number of halogens is 4. The monoisotopic (exact) mass is 233 g/mol. The van der Waals surface area contributed by atoms with Gasteiger partial charge >= 0.3 is 58.4 Å². The van der Waals surface area contributed by atoms with Crippen molar-refractivity contribution in [3.8, 4) is 0 Å². The van der Waals surface area contributed by atoms with Gasteiger partial charge in [-0.15, -0.1) is 0 Å². The molecule has 0 aliphatic rings. The van der Waals surface area contributed by atoms with Gasteiger partial charge in [0.1, 0.15) is 5.15 Å². The molecule has 0 saturated heterocycles. The Morgan fingerprint density at radius 2 is 1.92 bits per heavy atom. The first-order valence-electron chi connectivity index (χ1n) is 3.23. The third-order valence-electron chi connectivity index (χ3n) is 1.47. The number of rotatable bonds is 1. The van der Waals surface area contributed by atoms with E-state index in [0.717, 1.165) is 6.20 Å². The molecule has 0 saturated carbocycles. The molecule has 0 aliphatic carbocycles. The fourth-order valence-corrected chi connectivity index (χ4v) is 1.09. The molecule has 66 valence electrons. The van der Waals surface area contributed by atoms with Crippen molar-refractivity contribution < 1.29 is 64.3 Å². The Morgan fingerprint density at radius 3 is 2.31 bits per heavy atom. The molecule has 0 bridgehead atoms. The van der Waals surface area contributed by atoms with Gasteiger partial charge < -0.3 is 12.9 Å². The van der Waals surface area contributed by atoms with Crippen LogP contribution in [0.5, 0.6) is 0 Å². The summed E-state index contributed by atoms with van der Waals surface area (Å²) in [7, 11) is 0. The van der Waals surface area contributed by atoms with Crippen molar-refractivity contribution in [3.05, 3.63) is 23.0 Å². The Balaban J connectivity index is 0.00000144. The maximum atomic E-state index is 12.2. The summed E-state index contributed by atoms with van der Waals surface area (Å²) < 4.78 is 36.5. The topological polar surface area (TPSA) is 12.9 Å². The van der Waals surface area contributed by atoms with Crippen molar-refractivity contribution in [2.75, 3.05) is 0 Å². The second-order valence-electron chi connectivity index (χ2n) is 2.44. The summed E-state index contributed by atoms with van der Waals surface area (Å²) in [6.07, 6.45) is 0.762. The van der Waals surface area contributed by atoms with Gasteiger partial charge in [-0.25, -0.2) is 4.98 Å². The van der Waals surface area contributed by atoms with Crippen LogP contribution in [0.15, 0.2) is 12.3 Å². The molecular formula is C6H5BClF3KN. The smallest absolute Gasteiger partial charge is 0.445 e. The predicted molar refractivity (Wildman–Crippen MR) is 42.7 cm³/mol. The van der Waals surface area contributed by atoms with E-state index in [1.54, 1.807) is 0 Å². The maximum absolute atomic E-state index is 12.2. The van der Waals surface area contributed by atoms with Crippen LogP contribution in [0.3, 0.4) is 0 Å². The van der Waals surface area contributed by atoms with Gasteiger partial charge in [0.2, 0.25) is 0 Å². The number of pyridine rings is 1. The van der Waals surface area contributed by atoms with Crippen LogP contribution < -0.4 is 56.8 Å². The minimum atomic E-state index is -4.96. The SMILES string of the molecule is Cc1cc(Cl)ncc1[B-](F)(F)F.[K+]. The van der Waals surface area contributed by atoms with Crippen molar-refractivity contribution >= 4 is 24.0 Å². The Bertz CT molecular complexity index is 304. The molecule has 1 heterocycles. The minimum absolute atomic E-state index is 0. The number of aromatic nitrogens is 1. The molecule has 0 spiro atoms. The van der Waals surface area contributed by atoms with Crippen molar-refractivity contribution in [2.24, 2.45) is 0 Å². The molecule has 0 unspecified atom stereocenters. The van der Waals surface area contributed by atoms with Crippen LogP contribution in [0, 0.1) is 6.92 Å². The average molecular weight is 233 g/mol. The van der Waals surface area contributed by atoms with Crippen LogP contribution >= 0.6 is 11.6 Å². The molecule has 0 fully saturated rings. The first kappa shape index (κ1) is 13.9. The molecule has 0 aliphatic heterocycles. The molecule has 13 heavy (non-hydrogen) atoms. The van der Waals surface area contributed by atoms with E-state index >= 15 is 0 Å². The standard InChI is InChI=1S/C6H5BClF3N.K/c1-4-2-6(8)12-3-5(4)7(9,10)11;/h2-3H,1H3;/q-1;+1. The summed E-state index contributed by atoms with van der Waals surface area (Å²) in [4.78, 5) is 3.37. The third kappa shape index (κ3) is 3.89. The largest absolute Gasteiger partial charge is 1.00 e. The van der Waals surface area contributed by atoms with Crippen molar-refractivity contribution in [3.63, 3.8) is 0 Å². The Kier molecular flexibility index (Phi) is 5.50. The van der Waals surface area contributed by atoms with Crippen LogP contribution in [0.2, 0.25) is 5.15 Å². The van der Waals surface area contributed by atoms with Crippen molar-refractivity contribution in [1.82, 2.24) is 4.98 Å². The van der Waals surface area contributed by atoms with Crippen LogP contribution in [-0.4, -0.2) is 12.0 Å². The van der Waals surface area contributed by atoms with Crippen molar-refractivity contribution in [1.29, 1.82) is 0 Å². The Hall–Kier alpha value is 0.931. The number of nitrogens with zero attached hydrogens (tertiary/aromatic N) is 1. The zero-order valence-electron chi connectivity index (χ0n) is 7.19. The van der Waals surface area contributed by atoms with Gasteiger partial charge in [-0.1, -0.05) is 22.6 Å². The van der Waals surface area contributed by atoms with E-state index < -0.39 is 12.4 Å². The molecule has 0 aromatic carbocycles. The van der Waals surface area contributed by atoms with Gasteiger partial charge in [0.25, 0.3) is 0 Å². The number of hydrogen-bond donors (Lipinski definition) is 0. The van der Waals surface area contributed by atoms with Gasteiger partial charge in [0.15, 0.2) is 0 Å². The van der Waals surface area contributed by atoms with Crippen LogP contribution in [0.25, 0.3) is 0 Å². The second-order valence-corrected chi connectivity index (χ2v) is 2.83. The molecule has 7 heteroatoms. The van der Waals surface area contributed by atoms with E-state index in [1.165, 1.54) is 13.0 Å². The molecule has 0 atom stereocenters. The average Bonchev–Trinajstić information content (AvgIpc) is 1.83. The summed E-state index contributed by atoms with van der Waals surface area (Å²) >= 11 is 5.40.